The molecule has 19 heavy (non-hydrogen) atoms. The van der Waals surface area contributed by atoms with Crippen molar-refractivity contribution >= 4 is 71.7 Å². The van der Waals surface area contributed by atoms with Crippen LogP contribution in [-0.2, 0) is 4.79 Å². The predicted molar refractivity (Wildman–Crippen MR) is 85.9 cm³/mol. The molecule has 3 nitrogen and oxygen atoms in total. The van der Waals surface area contributed by atoms with Crippen molar-refractivity contribution in [2.24, 2.45) is 0 Å². The number of hydrogen-bond acceptors (Lipinski definition) is 3. The number of aromatic nitrogens is 1. The van der Waals surface area contributed by atoms with Gasteiger partial charge in [-0.05, 0) is 18.6 Å². The predicted octanol–water partition coefficient (Wildman–Crippen LogP) is 5.11. The number of carbonyl (C=O) groups excluding carboxylic acids is 1. The van der Waals surface area contributed by atoms with Crippen LogP contribution in [0.3, 0.4) is 0 Å². The van der Waals surface area contributed by atoms with Gasteiger partial charge >= 0.3 is 0 Å². The molecule has 1 aromatic carbocycles. The number of benzene rings is 1. The van der Waals surface area contributed by atoms with Gasteiger partial charge in [0.1, 0.15) is 5.52 Å². The van der Waals surface area contributed by atoms with Gasteiger partial charge in [-0.3, -0.25) is 4.79 Å². The summed E-state index contributed by atoms with van der Waals surface area (Å²) in [6, 6.07) is 3.43. The average Bonchev–Trinajstić information content (AvgIpc) is 2.72. The lowest BCUT2D eigenvalue weighted by Gasteiger charge is -2.06. The highest BCUT2D eigenvalue weighted by Crippen LogP contribution is 2.33. The van der Waals surface area contributed by atoms with Crippen LogP contribution in [0.25, 0.3) is 10.2 Å². The molecule has 0 aliphatic rings. The minimum atomic E-state index is -0.205. The zero-order valence-electron chi connectivity index (χ0n) is 10.0. The lowest BCUT2D eigenvalue weighted by Crippen LogP contribution is -2.22. The molecule has 0 saturated carbocycles. The molecule has 102 valence electrons. The fourth-order valence-corrected chi connectivity index (χ4v) is 3.74. The van der Waals surface area contributed by atoms with Crippen LogP contribution in [0.4, 0.5) is 5.13 Å². The van der Waals surface area contributed by atoms with E-state index >= 15 is 0 Å². The highest BCUT2D eigenvalue weighted by molar-refractivity contribution is 9.10. The lowest BCUT2D eigenvalue weighted by molar-refractivity contribution is -0.115. The van der Waals surface area contributed by atoms with E-state index in [1.54, 1.807) is 12.1 Å². The van der Waals surface area contributed by atoms with Gasteiger partial charge < -0.3 is 5.32 Å². The minimum Gasteiger partial charge on any atom is -0.301 e. The van der Waals surface area contributed by atoms with Gasteiger partial charge in [-0.25, -0.2) is 4.98 Å². The van der Waals surface area contributed by atoms with E-state index in [0.29, 0.717) is 20.7 Å². The van der Waals surface area contributed by atoms with Crippen LogP contribution in [0.1, 0.15) is 19.8 Å². The summed E-state index contributed by atoms with van der Waals surface area (Å²) < 4.78 is 0.856. The van der Waals surface area contributed by atoms with Crippen molar-refractivity contribution in [1.82, 2.24) is 4.98 Å². The number of anilines is 1. The van der Waals surface area contributed by atoms with Crippen LogP contribution in [0.15, 0.2) is 12.1 Å². The first-order chi connectivity index (χ1) is 9.01. The minimum absolute atomic E-state index is 0.0943. The second-order valence-electron chi connectivity index (χ2n) is 4.00. The van der Waals surface area contributed by atoms with E-state index in [1.807, 2.05) is 6.92 Å². The standard InChI is InChI=1S/C12H11BrCl2N2OS/c1-2-3-7(13)11(18)17-12-16-10-8(15)4-6(14)5-9(10)19-12/h4-5,7H,2-3H2,1H3,(H,16,17,18)/t7-/m0/s1. The average molecular weight is 382 g/mol. The lowest BCUT2D eigenvalue weighted by atomic mass is 10.2. The Balaban J connectivity index is 2.22. The molecule has 0 aliphatic heterocycles. The third-order valence-electron chi connectivity index (χ3n) is 2.47. The number of alkyl halides is 1. The number of nitrogens with zero attached hydrogens (tertiary/aromatic N) is 1. The van der Waals surface area contributed by atoms with Gasteiger partial charge in [0.25, 0.3) is 0 Å². The molecule has 7 heteroatoms. The van der Waals surface area contributed by atoms with Crippen molar-refractivity contribution in [2.45, 2.75) is 24.6 Å². The Bertz CT molecular complexity index is 617. The van der Waals surface area contributed by atoms with E-state index in [2.05, 4.69) is 26.2 Å². The van der Waals surface area contributed by atoms with E-state index in [1.165, 1.54) is 11.3 Å². The van der Waals surface area contributed by atoms with Crippen LogP contribution < -0.4 is 5.32 Å². The van der Waals surface area contributed by atoms with Crippen molar-refractivity contribution in [2.75, 3.05) is 5.32 Å². The zero-order valence-corrected chi connectivity index (χ0v) is 14.0. The Morgan fingerprint density at radius 3 is 2.95 bits per heavy atom. The Morgan fingerprint density at radius 1 is 1.53 bits per heavy atom. The number of fused-ring (bicyclic) bond motifs is 1. The van der Waals surface area contributed by atoms with E-state index in [0.717, 1.165) is 17.5 Å². The third kappa shape index (κ3) is 3.60. The molecule has 1 heterocycles. The van der Waals surface area contributed by atoms with Crippen LogP contribution in [0.5, 0.6) is 0 Å². The molecular formula is C12H11BrCl2N2OS. The Hall–Kier alpha value is -0.360. The molecule has 1 aromatic heterocycles. The number of nitrogens with one attached hydrogen (secondary N) is 1. The van der Waals surface area contributed by atoms with Gasteiger partial charge in [0.15, 0.2) is 5.13 Å². The van der Waals surface area contributed by atoms with Crippen molar-refractivity contribution in [3.05, 3.63) is 22.2 Å². The molecule has 1 N–H and O–H groups in total. The zero-order chi connectivity index (χ0) is 14.0. The van der Waals surface area contributed by atoms with Crippen LogP contribution >= 0.6 is 50.5 Å². The maximum Gasteiger partial charge on any atom is 0.239 e. The summed E-state index contributed by atoms with van der Waals surface area (Å²) in [7, 11) is 0. The maximum absolute atomic E-state index is 11.9. The molecule has 0 unspecified atom stereocenters. The number of thiazole rings is 1. The van der Waals surface area contributed by atoms with Crippen LogP contribution in [0, 0.1) is 0 Å². The molecule has 2 aromatic rings. The van der Waals surface area contributed by atoms with Crippen molar-refractivity contribution in [1.29, 1.82) is 0 Å². The molecule has 0 radical (unpaired) electrons. The number of carbonyl (C=O) groups is 1. The summed E-state index contributed by atoms with van der Waals surface area (Å²) in [4.78, 5) is 16.0. The molecule has 2 rings (SSSR count). The molecule has 0 bridgehead atoms. The van der Waals surface area contributed by atoms with Crippen molar-refractivity contribution in [3.8, 4) is 0 Å². The molecule has 1 amide bonds. The first-order valence-electron chi connectivity index (χ1n) is 5.71. The Kier molecular flexibility index (Phi) is 5.06. The Labute approximate surface area is 133 Å². The number of halogens is 3. The van der Waals surface area contributed by atoms with Crippen LogP contribution in [-0.4, -0.2) is 15.7 Å². The third-order valence-corrected chi connectivity index (χ3v) is 4.77. The molecule has 0 aliphatic carbocycles. The molecule has 0 spiro atoms. The normalized spacial score (nSPS) is 12.6. The van der Waals surface area contributed by atoms with Crippen molar-refractivity contribution in [3.63, 3.8) is 0 Å². The van der Waals surface area contributed by atoms with E-state index in [-0.39, 0.29) is 10.7 Å². The van der Waals surface area contributed by atoms with E-state index in [9.17, 15) is 4.79 Å². The summed E-state index contributed by atoms with van der Waals surface area (Å²) >= 11 is 16.7. The van der Waals surface area contributed by atoms with E-state index < -0.39 is 0 Å². The number of amides is 1. The van der Waals surface area contributed by atoms with Gasteiger partial charge in [-0.2, -0.15) is 0 Å². The topological polar surface area (TPSA) is 42.0 Å². The highest BCUT2D eigenvalue weighted by Gasteiger charge is 2.16. The van der Waals surface area contributed by atoms with Gasteiger partial charge in [-0.1, -0.05) is 63.8 Å². The molecule has 1 atom stereocenters. The van der Waals surface area contributed by atoms with E-state index in [4.69, 9.17) is 23.2 Å². The number of rotatable bonds is 4. The fourth-order valence-electron chi connectivity index (χ4n) is 1.58. The quantitative estimate of drug-likeness (QED) is 0.748. The summed E-state index contributed by atoms with van der Waals surface area (Å²) in [5.41, 5.74) is 0.660. The summed E-state index contributed by atoms with van der Waals surface area (Å²) in [6.45, 7) is 2.03. The summed E-state index contributed by atoms with van der Waals surface area (Å²) in [5, 5.41) is 4.36. The van der Waals surface area contributed by atoms with Gasteiger partial charge in [0.05, 0.1) is 14.5 Å². The number of hydrogen-bond donors (Lipinski definition) is 1. The van der Waals surface area contributed by atoms with Gasteiger partial charge in [0, 0.05) is 5.02 Å². The summed E-state index contributed by atoms with van der Waals surface area (Å²) in [6.07, 6.45) is 1.72. The Morgan fingerprint density at radius 2 is 2.26 bits per heavy atom. The fraction of sp³-hybridized carbons (Fsp3) is 0.333. The summed E-state index contributed by atoms with van der Waals surface area (Å²) in [5.74, 6) is -0.0943. The highest BCUT2D eigenvalue weighted by atomic mass is 79.9. The van der Waals surface area contributed by atoms with Gasteiger partial charge in [-0.15, -0.1) is 0 Å². The second kappa shape index (κ2) is 6.39. The first-order valence-corrected chi connectivity index (χ1v) is 8.20. The maximum atomic E-state index is 11.9. The molecule has 0 fully saturated rings. The van der Waals surface area contributed by atoms with Gasteiger partial charge in [0.2, 0.25) is 5.91 Å². The molecule has 0 saturated heterocycles. The monoisotopic (exact) mass is 380 g/mol. The smallest absolute Gasteiger partial charge is 0.239 e. The SMILES string of the molecule is CCC[C@H](Br)C(=O)Nc1nc2c(Cl)cc(Cl)cc2s1. The molecular weight excluding hydrogens is 371 g/mol. The largest absolute Gasteiger partial charge is 0.301 e. The second-order valence-corrected chi connectivity index (χ2v) is 6.98. The first kappa shape index (κ1) is 15.0. The van der Waals surface area contributed by atoms with Crippen molar-refractivity contribution < 1.29 is 4.79 Å². The van der Waals surface area contributed by atoms with Crippen LogP contribution in [0.2, 0.25) is 10.0 Å².